The van der Waals surface area contributed by atoms with Crippen LogP contribution in [-0.4, -0.2) is 22.5 Å². The van der Waals surface area contributed by atoms with E-state index in [0.29, 0.717) is 22.9 Å². The summed E-state index contributed by atoms with van der Waals surface area (Å²) >= 11 is 0. The Morgan fingerprint density at radius 1 is 1.08 bits per heavy atom. The van der Waals surface area contributed by atoms with Gasteiger partial charge in [-0.2, -0.15) is 5.10 Å². The molecule has 1 N–H and O–H groups in total. The topological polar surface area (TPSA) is 82.5 Å². The highest BCUT2D eigenvalue weighted by Crippen LogP contribution is 2.34. The number of aromatic nitrogens is 2. The number of rotatable bonds is 3. The number of nitrogens with zero attached hydrogens (tertiary/aromatic N) is 2. The molecular formula is C19H15N3O4. The van der Waals surface area contributed by atoms with E-state index in [4.69, 9.17) is 9.47 Å². The van der Waals surface area contributed by atoms with Gasteiger partial charge in [0, 0.05) is 23.5 Å². The lowest BCUT2D eigenvalue weighted by atomic mass is 10.2. The van der Waals surface area contributed by atoms with E-state index >= 15 is 0 Å². The van der Waals surface area contributed by atoms with Gasteiger partial charge in [-0.05, 0) is 31.2 Å². The van der Waals surface area contributed by atoms with Gasteiger partial charge < -0.3 is 14.8 Å². The standard InChI is InChI=1S/C19H15N3O4/c1-12-9-15(23)18(21-22(12)14-5-3-2-4-6-14)19(24)20-13-7-8-16-17(10-13)26-11-25-16/h2-10H,11H2,1H3,(H,20,24). The summed E-state index contributed by atoms with van der Waals surface area (Å²) in [6.07, 6.45) is 0. The lowest BCUT2D eigenvalue weighted by Gasteiger charge is -2.11. The van der Waals surface area contributed by atoms with Gasteiger partial charge in [-0.3, -0.25) is 9.59 Å². The number of hydrogen-bond acceptors (Lipinski definition) is 5. The van der Waals surface area contributed by atoms with Crippen molar-refractivity contribution in [2.45, 2.75) is 6.92 Å². The molecule has 0 radical (unpaired) electrons. The normalized spacial score (nSPS) is 12.0. The van der Waals surface area contributed by atoms with Crippen molar-refractivity contribution in [2.75, 3.05) is 12.1 Å². The van der Waals surface area contributed by atoms with Gasteiger partial charge in [-0.1, -0.05) is 18.2 Å². The van der Waals surface area contributed by atoms with E-state index in [-0.39, 0.29) is 12.5 Å². The largest absolute Gasteiger partial charge is 0.454 e. The van der Waals surface area contributed by atoms with Crippen molar-refractivity contribution in [1.29, 1.82) is 0 Å². The molecule has 7 heteroatoms. The van der Waals surface area contributed by atoms with Crippen LogP contribution >= 0.6 is 0 Å². The zero-order valence-corrected chi connectivity index (χ0v) is 13.9. The number of ether oxygens (including phenoxy) is 2. The zero-order chi connectivity index (χ0) is 18.1. The van der Waals surface area contributed by atoms with E-state index in [1.807, 2.05) is 30.3 Å². The summed E-state index contributed by atoms with van der Waals surface area (Å²) in [6, 6.07) is 15.7. The van der Waals surface area contributed by atoms with E-state index in [1.165, 1.54) is 6.07 Å². The number of amides is 1. The minimum Gasteiger partial charge on any atom is -0.454 e. The second kappa shape index (κ2) is 6.36. The van der Waals surface area contributed by atoms with E-state index in [2.05, 4.69) is 10.4 Å². The highest BCUT2D eigenvalue weighted by molar-refractivity contribution is 6.02. The molecule has 0 fully saturated rings. The van der Waals surface area contributed by atoms with Crippen molar-refractivity contribution in [3.05, 3.63) is 76.2 Å². The summed E-state index contributed by atoms with van der Waals surface area (Å²) in [5, 5.41) is 6.92. The van der Waals surface area contributed by atoms with Crippen LogP contribution in [0.15, 0.2) is 59.4 Å². The van der Waals surface area contributed by atoms with Crippen LogP contribution in [-0.2, 0) is 0 Å². The fourth-order valence-electron chi connectivity index (χ4n) is 2.70. The molecule has 0 bridgehead atoms. The number of para-hydroxylation sites is 1. The molecule has 0 aliphatic carbocycles. The third kappa shape index (κ3) is 2.90. The van der Waals surface area contributed by atoms with Gasteiger partial charge in [-0.25, -0.2) is 4.68 Å². The first-order valence-corrected chi connectivity index (χ1v) is 7.99. The van der Waals surface area contributed by atoms with Gasteiger partial charge in [0.05, 0.1) is 5.69 Å². The lowest BCUT2D eigenvalue weighted by Crippen LogP contribution is -2.26. The van der Waals surface area contributed by atoms with Crippen LogP contribution in [0.3, 0.4) is 0 Å². The van der Waals surface area contributed by atoms with Crippen molar-refractivity contribution in [3.8, 4) is 17.2 Å². The monoisotopic (exact) mass is 349 g/mol. The number of carbonyl (C=O) groups is 1. The minimum absolute atomic E-state index is 0.147. The zero-order valence-electron chi connectivity index (χ0n) is 13.9. The summed E-state index contributed by atoms with van der Waals surface area (Å²) < 4.78 is 12.1. The van der Waals surface area contributed by atoms with Gasteiger partial charge in [0.25, 0.3) is 5.91 Å². The maximum Gasteiger partial charge on any atom is 0.280 e. The van der Waals surface area contributed by atoms with E-state index < -0.39 is 11.3 Å². The van der Waals surface area contributed by atoms with Gasteiger partial charge >= 0.3 is 0 Å². The number of anilines is 1. The number of aryl methyl sites for hydroxylation is 1. The molecule has 1 aliphatic heterocycles. The first-order chi connectivity index (χ1) is 12.6. The third-order valence-electron chi connectivity index (χ3n) is 3.95. The average Bonchev–Trinajstić information content (AvgIpc) is 3.10. The predicted molar refractivity (Wildman–Crippen MR) is 95.1 cm³/mol. The molecule has 3 aromatic rings. The van der Waals surface area contributed by atoms with Crippen molar-refractivity contribution in [1.82, 2.24) is 9.78 Å². The Bertz CT molecular complexity index is 1040. The number of carbonyl (C=O) groups excluding carboxylic acids is 1. The molecule has 1 aromatic heterocycles. The van der Waals surface area contributed by atoms with Crippen LogP contribution in [0.5, 0.6) is 11.5 Å². The molecule has 2 aromatic carbocycles. The van der Waals surface area contributed by atoms with Gasteiger partial charge in [0.1, 0.15) is 0 Å². The summed E-state index contributed by atoms with van der Waals surface area (Å²) in [5.74, 6) is 0.572. The Labute approximate surface area is 148 Å². The number of hydrogen-bond donors (Lipinski definition) is 1. The fourth-order valence-corrected chi connectivity index (χ4v) is 2.70. The summed E-state index contributed by atoms with van der Waals surface area (Å²) in [6.45, 7) is 1.91. The highest BCUT2D eigenvalue weighted by atomic mass is 16.7. The first kappa shape index (κ1) is 15.9. The second-order valence-electron chi connectivity index (χ2n) is 5.77. The molecular weight excluding hydrogens is 334 g/mol. The summed E-state index contributed by atoms with van der Waals surface area (Å²) in [7, 11) is 0. The first-order valence-electron chi connectivity index (χ1n) is 7.99. The van der Waals surface area contributed by atoms with Crippen molar-refractivity contribution in [3.63, 3.8) is 0 Å². The average molecular weight is 349 g/mol. The van der Waals surface area contributed by atoms with Crippen LogP contribution in [0, 0.1) is 6.92 Å². The van der Waals surface area contributed by atoms with Gasteiger partial charge in [-0.15, -0.1) is 0 Å². The molecule has 26 heavy (non-hydrogen) atoms. The molecule has 0 spiro atoms. The summed E-state index contributed by atoms with van der Waals surface area (Å²) in [5.41, 5.74) is 1.28. The van der Waals surface area contributed by atoms with Gasteiger partial charge in [0.2, 0.25) is 12.2 Å². The second-order valence-corrected chi connectivity index (χ2v) is 5.77. The van der Waals surface area contributed by atoms with Crippen LogP contribution in [0.4, 0.5) is 5.69 Å². The fraction of sp³-hybridized carbons (Fsp3) is 0.105. The van der Waals surface area contributed by atoms with E-state index in [1.54, 1.807) is 29.8 Å². The Morgan fingerprint density at radius 2 is 1.85 bits per heavy atom. The molecule has 130 valence electrons. The maximum absolute atomic E-state index is 12.6. The van der Waals surface area contributed by atoms with Crippen molar-refractivity contribution in [2.24, 2.45) is 0 Å². The number of benzene rings is 2. The van der Waals surface area contributed by atoms with Crippen molar-refractivity contribution < 1.29 is 14.3 Å². The summed E-state index contributed by atoms with van der Waals surface area (Å²) in [4.78, 5) is 24.8. The lowest BCUT2D eigenvalue weighted by molar-refractivity contribution is 0.101. The highest BCUT2D eigenvalue weighted by Gasteiger charge is 2.18. The maximum atomic E-state index is 12.6. The van der Waals surface area contributed by atoms with Crippen LogP contribution < -0.4 is 20.2 Å². The number of nitrogens with one attached hydrogen (secondary N) is 1. The quantitative estimate of drug-likeness (QED) is 0.786. The van der Waals surface area contributed by atoms with Gasteiger partial charge in [0.15, 0.2) is 17.2 Å². The molecule has 0 atom stereocenters. The molecule has 4 rings (SSSR count). The predicted octanol–water partition coefficient (Wildman–Crippen LogP) is 2.52. The molecule has 2 heterocycles. The van der Waals surface area contributed by atoms with Crippen LogP contribution in [0.25, 0.3) is 5.69 Å². The molecule has 0 saturated heterocycles. The van der Waals surface area contributed by atoms with E-state index in [0.717, 1.165) is 5.69 Å². The molecule has 0 unspecified atom stereocenters. The van der Waals surface area contributed by atoms with Crippen LogP contribution in [0.2, 0.25) is 0 Å². The molecule has 1 aliphatic rings. The minimum atomic E-state index is -0.585. The number of fused-ring (bicyclic) bond motifs is 1. The Morgan fingerprint density at radius 3 is 2.65 bits per heavy atom. The third-order valence-corrected chi connectivity index (χ3v) is 3.95. The Kier molecular flexibility index (Phi) is 3.89. The molecule has 1 amide bonds. The van der Waals surface area contributed by atoms with Crippen molar-refractivity contribution >= 4 is 11.6 Å². The van der Waals surface area contributed by atoms with E-state index in [9.17, 15) is 9.59 Å². The Hall–Kier alpha value is -3.61. The SMILES string of the molecule is Cc1cc(=O)c(C(=O)Nc2ccc3c(c2)OCO3)nn1-c1ccccc1. The Balaban J connectivity index is 1.67. The molecule has 0 saturated carbocycles. The van der Waals surface area contributed by atoms with Crippen LogP contribution in [0.1, 0.15) is 16.2 Å². The molecule has 7 nitrogen and oxygen atoms in total. The smallest absolute Gasteiger partial charge is 0.280 e.